The summed E-state index contributed by atoms with van der Waals surface area (Å²) in [7, 11) is 0. The van der Waals surface area contributed by atoms with Crippen LogP contribution in [0.2, 0.25) is 0 Å². The van der Waals surface area contributed by atoms with E-state index in [0.717, 1.165) is 17.7 Å². The predicted molar refractivity (Wildman–Crippen MR) is 94.9 cm³/mol. The predicted octanol–water partition coefficient (Wildman–Crippen LogP) is 3.06. The lowest BCUT2D eigenvalue weighted by Gasteiger charge is -2.31. The first-order valence-corrected chi connectivity index (χ1v) is 8.36. The second-order valence-corrected chi connectivity index (χ2v) is 7.00. The molecule has 1 amide bonds. The normalized spacial score (nSPS) is 12.7. The molecule has 0 saturated heterocycles. The molecular weight excluding hydrogens is 302 g/mol. The van der Waals surface area contributed by atoms with Crippen molar-refractivity contribution in [3.63, 3.8) is 0 Å². The highest BCUT2D eigenvalue weighted by atomic mass is 16.5. The second kappa shape index (κ2) is 7.99. The van der Waals surface area contributed by atoms with Gasteiger partial charge in [0.1, 0.15) is 5.75 Å². The number of aromatic nitrogens is 2. The fourth-order valence-corrected chi connectivity index (χ4v) is 2.46. The Morgan fingerprint density at radius 3 is 2.71 bits per heavy atom. The molecule has 0 radical (unpaired) electrons. The molecule has 1 atom stereocenters. The first-order chi connectivity index (χ1) is 11.4. The minimum Gasteiger partial charge on any atom is -0.483 e. The second-order valence-electron chi connectivity index (χ2n) is 7.00. The van der Waals surface area contributed by atoms with Crippen molar-refractivity contribution < 1.29 is 9.53 Å². The quantitative estimate of drug-likeness (QED) is 0.849. The molecule has 2 aromatic rings. The Bertz CT molecular complexity index is 645. The summed E-state index contributed by atoms with van der Waals surface area (Å²) in [6.07, 6.45) is 6.28. The maximum atomic E-state index is 12.3. The lowest BCUT2D eigenvalue weighted by molar-refractivity contribution is -0.124. The van der Waals surface area contributed by atoms with Gasteiger partial charge in [0.05, 0.1) is 12.4 Å². The summed E-state index contributed by atoms with van der Waals surface area (Å²) < 4.78 is 7.68. The van der Waals surface area contributed by atoms with E-state index in [1.807, 2.05) is 35.0 Å². The largest absolute Gasteiger partial charge is 0.483 e. The Kier molecular flexibility index (Phi) is 6.01. The van der Waals surface area contributed by atoms with E-state index >= 15 is 0 Å². The van der Waals surface area contributed by atoms with Crippen LogP contribution in [0.5, 0.6) is 5.75 Å². The standard InChI is InChI=1S/C19H27N3O2/c1-5-15-8-6-7-9-16(15)24-13-18(23)21-17(19(2,3)4)12-22-11-10-20-14-22/h6-11,14,17H,5,12-13H2,1-4H3,(H,21,23). The van der Waals surface area contributed by atoms with E-state index in [0.29, 0.717) is 6.54 Å². The summed E-state index contributed by atoms with van der Waals surface area (Å²) in [4.78, 5) is 16.4. The van der Waals surface area contributed by atoms with Crippen molar-refractivity contribution in [2.24, 2.45) is 5.41 Å². The summed E-state index contributed by atoms with van der Waals surface area (Å²) in [6, 6.07) is 7.81. The maximum Gasteiger partial charge on any atom is 0.258 e. The first kappa shape index (κ1) is 18.0. The average Bonchev–Trinajstić information content (AvgIpc) is 3.05. The molecule has 5 heteroatoms. The van der Waals surface area contributed by atoms with Gasteiger partial charge < -0.3 is 14.6 Å². The Hall–Kier alpha value is -2.30. The topological polar surface area (TPSA) is 56.1 Å². The lowest BCUT2D eigenvalue weighted by Crippen LogP contribution is -2.47. The molecule has 0 saturated carbocycles. The maximum absolute atomic E-state index is 12.3. The number of hydrogen-bond donors (Lipinski definition) is 1. The number of nitrogens with zero attached hydrogens (tertiary/aromatic N) is 2. The highest BCUT2D eigenvalue weighted by molar-refractivity contribution is 5.78. The van der Waals surface area contributed by atoms with Crippen LogP contribution in [0.4, 0.5) is 0 Å². The number of carbonyl (C=O) groups excluding carboxylic acids is 1. The van der Waals surface area contributed by atoms with E-state index in [1.54, 1.807) is 12.5 Å². The minimum atomic E-state index is -0.110. The van der Waals surface area contributed by atoms with Crippen molar-refractivity contribution in [1.29, 1.82) is 0 Å². The van der Waals surface area contributed by atoms with Gasteiger partial charge in [-0.05, 0) is 23.5 Å². The lowest BCUT2D eigenvalue weighted by atomic mass is 9.86. The number of hydrogen-bond acceptors (Lipinski definition) is 3. The molecule has 5 nitrogen and oxygen atoms in total. The third-order valence-corrected chi connectivity index (χ3v) is 4.05. The van der Waals surface area contributed by atoms with Crippen molar-refractivity contribution in [3.8, 4) is 5.75 Å². The van der Waals surface area contributed by atoms with E-state index in [1.165, 1.54) is 0 Å². The van der Waals surface area contributed by atoms with Crippen LogP contribution in [-0.4, -0.2) is 28.1 Å². The molecular formula is C19H27N3O2. The number of benzene rings is 1. The van der Waals surface area contributed by atoms with Crippen LogP contribution in [-0.2, 0) is 17.8 Å². The number of carbonyl (C=O) groups is 1. The highest BCUT2D eigenvalue weighted by Crippen LogP contribution is 2.21. The Balaban J connectivity index is 1.95. The van der Waals surface area contributed by atoms with E-state index in [-0.39, 0.29) is 24.0 Å². The van der Waals surface area contributed by atoms with Crippen LogP contribution in [0.15, 0.2) is 43.0 Å². The van der Waals surface area contributed by atoms with Gasteiger partial charge in [-0.3, -0.25) is 4.79 Å². The molecule has 0 bridgehead atoms. The molecule has 24 heavy (non-hydrogen) atoms. The van der Waals surface area contributed by atoms with E-state index < -0.39 is 0 Å². The SMILES string of the molecule is CCc1ccccc1OCC(=O)NC(Cn1ccnc1)C(C)(C)C. The van der Waals surface area contributed by atoms with Gasteiger partial charge in [0.25, 0.3) is 5.91 Å². The van der Waals surface area contributed by atoms with Crippen LogP contribution in [0.1, 0.15) is 33.3 Å². The van der Waals surface area contributed by atoms with Crippen molar-refractivity contribution in [2.45, 2.75) is 46.7 Å². The minimum absolute atomic E-state index is 0.00998. The Labute approximate surface area is 144 Å². The van der Waals surface area contributed by atoms with E-state index in [2.05, 4.69) is 38.0 Å². The van der Waals surface area contributed by atoms with Gasteiger partial charge in [-0.2, -0.15) is 0 Å². The van der Waals surface area contributed by atoms with Crippen LogP contribution in [0.25, 0.3) is 0 Å². The molecule has 1 heterocycles. The molecule has 0 spiro atoms. The van der Waals surface area contributed by atoms with Gasteiger partial charge >= 0.3 is 0 Å². The van der Waals surface area contributed by atoms with Gasteiger partial charge in [0.2, 0.25) is 0 Å². The number of ether oxygens (including phenoxy) is 1. The van der Waals surface area contributed by atoms with Crippen molar-refractivity contribution in [2.75, 3.05) is 6.61 Å². The molecule has 0 aliphatic heterocycles. The molecule has 1 aromatic heterocycles. The zero-order chi connectivity index (χ0) is 17.6. The van der Waals surface area contributed by atoms with Crippen molar-refractivity contribution >= 4 is 5.91 Å². The van der Waals surface area contributed by atoms with E-state index in [9.17, 15) is 4.79 Å². The monoisotopic (exact) mass is 329 g/mol. The van der Waals surface area contributed by atoms with Crippen LogP contribution in [0.3, 0.4) is 0 Å². The summed E-state index contributed by atoms with van der Waals surface area (Å²) in [5, 5.41) is 3.09. The van der Waals surface area contributed by atoms with Gasteiger partial charge in [-0.1, -0.05) is 45.9 Å². The molecule has 0 aliphatic rings. The molecule has 1 N–H and O–H groups in total. The molecule has 130 valence electrons. The highest BCUT2D eigenvalue weighted by Gasteiger charge is 2.26. The third kappa shape index (κ3) is 5.11. The van der Waals surface area contributed by atoms with Crippen molar-refractivity contribution in [3.05, 3.63) is 48.5 Å². The Morgan fingerprint density at radius 2 is 2.08 bits per heavy atom. The summed E-state index contributed by atoms with van der Waals surface area (Å²) in [5.74, 6) is 0.665. The average molecular weight is 329 g/mol. The zero-order valence-electron chi connectivity index (χ0n) is 15.0. The molecule has 2 rings (SSSR count). The van der Waals surface area contributed by atoms with Gasteiger partial charge in [0, 0.05) is 18.9 Å². The van der Waals surface area contributed by atoms with E-state index in [4.69, 9.17) is 4.74 Å². The number of imidazole rings is 1. The fourth-order valence-electron chi connectivity index (χ4n) is 2.46. The molecule has 0 aliphatic carbocycles. The first-order valence-electron chi connectivity index (χ1n) is 8.36. The zero-order valence-corrected chi connectivity index (χ0v) is 15.0. The number of rotatable bonds is 7. The number of aryl methyl sites for hydroxylation is 1. The smallest absolute Gasteiger partial charge is 0.258 e. The van der Waals surface area contributed by atoms with Gasteiger partial charge in [0.15, 0.2) is 6.61 Å². The van der Waals surface area contributed by atoms with Crippen LogP contribution >= 0.6 is 0 Å². The number of para-hydroxylation sites is 1. The van der Waals surface area contributed by atoms with Crippen LogP contribution < -0.4 is 10.1 Å². The van der Waals surface area contributed by atoms with Crippen LogP contribution in [0, 0.1) is 5.41 Å². The fraction of sp³-hybridized carbons (Fsp3) is 0.474. The number of nitrogens with one attached hydrogen (secondary N) is 1. The summed E-state index contributed by atoms with van der Waals surface area (Å²) in [6.45, 7) is 9.11. The molecule has 1 unspecified atom stereocenters. The third-order valence-electron chi connectivity index (χ3n) is 4.05. The number of amides is 1. The van der Waals surface area contributed by atoms with Crippen molar-refractivity contribution in [1.82, 2.24) is 14.9 Å². The van der Waals surface area contributed by atoms with Gasteiger partial charge in [-0.15, -0.1) is 0 Å². The van der Waals surface area contributed by atoms with Gasteiger partial charge in [-0.25, -0.2) is 4.98 Å². The summed E-state index contributed by atoms with van der Waals surface area (Å²) >= 11 is 0. The molecule has 1 aromatic carbocycles. The Morgan fingerprint density at radius 1 is 1.33 bits per heavy atom. The molecule has 0 fully saturated rings. The summed E-state index contributed by atoms with van der Waals surface area (Å²) in [5.41, 5.74) is 1.04.